The van der Waals surface area contributed by atoms with Gasteiger partial charge in [0, 0.05) is 12.2 Å². The van der Waals surface area contributed by atoms with Gasteiger partial charge >= 0.3 is 5.97 Å². The summed E-state index contributed by atoms with van der Waals surface area (Å²) >= 11 is 0. The third kappa shape index (κ3) is 3.25. The molecule has 0 radical (unpaired) electrons. The van der Waals surface area contributed by atoms with Gasteiger partial charge in [-0.1, -0.05) is 13.8 Å². The highest BCUT2D eigenvalue weighted by Gasteiger charge is 2.26. The number of methoxy groups -OCH3 is 1. The molecular weight excluding hydrogens is 240 g/mol. The van der Waals surface area contributed by atoms with E-state index in [1.165, 1.54) is 20.0 Å². The van der Waals surface area contributed by atoms with Crippen molar-refractivity contribution < 1.29 is 9.53 Å². The highest BCUT2D eigenvalue weighted by atomic mass is 16.5. The number of nitrogens with zero attached hydrogens (tertiary/aromatic N) is 1. The first-order valence-electron chi connectivity index (χ1n) is 6.91. The molecule has 104 valence electrons. The van der Waals surface area contributed by atoms with Crippen molar-refractivity contribution in [3.8, 4) is 0 Å². The van der Waals surface area contributed by atoms with Gasteiger partial charge in [0.1, 0.15) is 11.4 Å². The van der Waals surface area contributed by atoms with E-state index in [-0.39, 0.29) is 5.97 Å². The van der Waals surface area contributed by atoms with E-state index in [0.29, 0.717) is 23.3 Å². The Hall–Kier alpha value is -1.58. The topological polar surface area (TPSA) is 51.2 Å². The van der Waals surface area contributed by atoms with Crippen molar-refractivity contribution in [1.82, 2.24) is 4.98 Å². The molecule has 1 fully saturated rings. The minimum absolute atomic E-state index is 0.340. The van der Waals surface area contributed by atoms with Crippen LogP contribution in [0.5, 0.6) is 0 Å². The molecule has 19 heavy (non-hydrogen) atoms. The van der Waals surface area contributed by atoms with Gasteiger partial charge in [0.25, 0.3) is 0 Å². The number of hydrogen-bond donors (Lipinski definition) is 1. The maximum Gasteiger partial charge on any atom is 0.341 e. The van der Waals surface area contributed by atoms with Gasteiger partial charge in [-0.25, -0.2) is 9.78 Å². The van der Waals surface area contributed by atoms with Crippen LogP contribution in [0.3, 0.4) is 0 Å². The molecular formula is C15H22N2O2. The van der Waals surface area contributed by atoms with E-state index < -0.39 is 0 Å². The van der Waals surface area contributed by atoms with Crippen LogP contribution in [0.2, 0.25) is 0 Å². The van der Waals surface area contributed by atoms with Crippen molar-refractivity contribution in [1.29, 1.82) is 0 Å². The van der Waals surface area contributed by atoms with Crippen molar-refractivity contribution >= 4 is 11.8 Å². The van der Waals surface area contributed by atoms with Crippen LogP contribution in [0.25, 0.3) is 0 Å². The third-order valence-electron chi connectivity index (χ3n) is 3.97. The van der Waals surface area contributed by atoms with Crippen LogP contribution in [-0.2, 0) is 4.74 Å². The number of rotatable bonds is 3. The van der Waals surface area contributed by atoms with Crippen LogP contribution in [0.15, 0.2) is 18.3 Å². The summed E-state index contributed by atoms with van der Waals surface area (Å²) in [6, 6.07) is 3.88. The van der Waals surface area contributed by atoms with E-state index in [2.05, 4.69) is 24.1 Å². The van der Waals surface area contributed by atoms with Gasteiger partial charge in [0.05, 0.1) is 7.11 Å². The fourth-order valence-electron chi connectivity index (χ4n) is 2.85. The lowest BCUT2D eigenvalue weighted by atomic mass is 9.80. The number of carbonyl (C=O) groups is 1. The van der Waals surface area contributed by atoms with Gasteiger partial charge in [0.15, 0.2) is 0 Å². The van der Waals surface area contributed by atoms with Gasteiger partial charge in [-0.05, 0) is 43.2 Å². The second-order valence-electron chi connectivity index (χ2n) is 5.54. The molecule has 4 nitrogen and oxygen atoms in total. The summed E-state index contributed by atoms with van der Waals surface area (Å²) in [6.45, 7) is 4.56. The first-order valence-corrected chi connectivity index (χ1v) is 6.91. The Bertz CT molecular complexity index is 448. The molecule has 3 atom stereocenters. The van der Waals surface area contributed by atoms with Crippen molar-refractivity contribution in [3.05, 3.63) is 23.9 Å². The second-order valence-corrected chi connectivity index (χ2v) is 5.54. The summed E-state index contributed by atoms with van der Waals surface area (Å²) in [7, 11) is 1.39. The molecule has 1 aliphatic carbocycles. The summed E-state index contributed by atoms with van der Waals surface area (Å²) in [5, 5.41) is 3.42. The SMILES string of the molecule is COC(=O)c1cccnc1NC1CCC(C)CC1C. The Morgan fingerprint density at radius 2 is 2.21 bits per heavy atom. The van der Waals surface area contributed by atoms with Crippen molar-refractivity contribution in [3.63, 3.8) is 0 Å². The highest BCUT2D eigenvalue weighted by molar-refractivity contribution is 5.94. The van der Waals surface area contributed by atoms with Crippen LogP contribution in [0.4, 0.5) is 5.82 Å². The molecule has 3 unspecified atom stereocenters. The Balaban J connectivity index is 2.13. The van der Waals surface area contributed by atoms with E-state index in [0.717, 1.165) is 12.3 Å². The molecule has 1 aromatic heterocycles. The molecule has 1 aliphatic rings. The maximum absolute atomic E-state index is 11.7. The average molecular weight is 262 g/mol. The largest absolute Gasteiger partial charge is 0.465 e. The monoisotopic (exact) mass is 262 g/mol. The van der Waals surface area contributed by atoms with E-state index >= 15 is 0 Å². The van der Waals surface area contributed by atoms with E-state index in [1.54, 1.807) is 18.3 Å². The Kier molecular flexibility index (Phi) is 4.40. The predicted octanol–water partition coefficient (Wildman–Crippen LogP) is 3.10. The molecule has 1 N–H and O–H groups in total. The number of hydrogen-bond acceptors (Lipinski definition) is 4. The Morgan fingerprint density at radius 1 is 1.42 bits per heavy atom. The zero-order chi connectivity index (χ0) is 13.8. The number of esters is 1. The molecule has 0 bridgehead atoms. The minimum atomic E-state index is -0.340. The molecule has 0 amide bonds. The maximum atomic E-state index is 11.7. The number of anilines is 1. The Morgan fingerprint density at radius 3 is 2.89 bits per heavy atom. The number of ether oxygens (including phenoxy) is 1. The van der Waals surface area contributed by atoms with Gasteiger partial charge in [-0.15, -0.1) is 0 Å². The van der Waals surface area contributed by atoms with E-state index in [4.69, 9.17) is 4.74 Å². The zero-order valence-corrected chi connectivity index (χ0v) is 11.8. The van der Waals surface area contributed by atoms with Gasteiger partial charge in [-0.2, -0.15) is 0 Å². The van der Waals surface area contributed by atoms with Crippen molar-refractivity contribution in [2.75, 3.05) is 12.4 Å². The molecule has 0 aliphatic heterocycles. The summed E-state index contributed by atoms with van der Waals surface area (Å²) in [5.41, 5.74) is 0.510. The van der Waals surface area contributed by atoms with Crippen LogP contribution >= 0.6 is 0 Å². The lowest BCUT2D eigenvalue weighted by Crippen LogP contribution is -2.33. The summed E-state index contributed by atoms with van der Waals surface area (Å²) in [5.74, 6) is 1.68. The molecule has 1 heterocycles. The third-order valence-corrected chi connectivity index (χ3v) is 3.97. The van der Waals surface area contributed by atoms with Gasteiger partial charge in [-0.3, -0.25) is 0 Å². The summed E-state index contributed by atoms with van der Waals surface area (Å²) < 4.78 is 4.79. The first kappa shape index (κ1) is 13.8. The normalized spacial score (nSPS) is 26.8. The van der Waals surface area contributed by atoms with Crippen LogP contribution in [0.1, 0.15) is 43.5 Å². The first-order chi connectivity index (χ1) is 9.11. The molecule has 1 aromatic rings. The quantitative estimate of drug-likeness (QED) is 0.850. The van der Waals surface area contributed by atoms with Crippen molar-refractivity contribution in [2.24, 2.45) is 11.8 Å². The molecule has 0 spiro atoms. The minimum Gasteiger partial charge on any atom is -0.465 e. The summed E-state index contributed by atoms with van der Waals surface area (Å²) in [4.78, 5) is 16.0. The average Bonchev–Trinajstić information content (AvgIpc) is 2.41. The number of nitrogens with one attached hydrogen (secondary N) is 1. The second kappa shape index (κ2) is 6.04. The van der Waals surface area contributed by atoms with Gasteiger partial charge < -0.3 is 10.1 Å². The molecule has 2 rings (SSSR count). The van der Waals surface area contributed by atoms with E-state index in [9.17, 15) is 4.79 Å². The van der Waals surface area contributed by atoms with Crippen LogP contribution < -0.4 is 5.32 Å². The fraction of sp³-hybridized carbons (Fsp3) is 0.600. The van der Waals surface area contributed by atoms with E-state index in [1.807, 2.05) is 0 Å². The number of aromatic nitrogens is 1. The molecule has 0 saturated heterocycles. The predicted molar refractivity (Wildman–Crippen MR) is 75.2 cm³/mol. The Labute approximate surface area is 114 Å². The zero-order valence-electron chi connectivity index (χ0n) is 11.8. The number of pyridine rings is 1. The number of carbonyl (C=O) groups excluding carboxylic acids is 1. The smallest absolute Gasteiger partial charge is 0.341 e. The molecule has 1 saturated carbocycles. The molecule has 4 heteroatoms. The lowest BCUT2D eigenvalue weighted by Gasteiger charge is -2.33. The van der Waals surface area contributed by atoms with Crippen LogP contribution in [0, 0.1) is 11.8 Å². The fourth-order valence-corrected chi connectivity index (χ4v) is 2.85. The standard InChI is InChI=1S/C15H22N2O2/c1-10-6-7-13(11(2)9-10)17-14-12(15(18)19-3)5-4-8-16-14/h4-5,8,10-11,13H,6-7,9H2,1-3H3,(H,16,17). The van der Waals surface area contributed by atoms with Crippen molar-refractivity contribution in [2.45, 2.75) is 39.2 Å². The van der Waals surface area contributed by atoms with Gasteiger partial charge in [0.2, 0.25) is 0 Å². The highest BCUT2D eigenvalue weighted by Crippen LogP contribution is 2.31. The summed E-state index contributed by atoms with van der Waals surface area (Å²) in [6.07, 6.45) is 5.27. The van der Waals surface area contributed by atoms with Crippen LogP contribution in [-0.4, -0.2) is 24.1 Å². The molecule has 0 aromatic carbocycles. The lowest BCUT2D eigenvalue weighted by molar-refractivity contribution is 0.0601.